The molecule has 1 aromatic carbocycles. The van der Waals surface area contributed by atoms with Crippen molar-refractivity contribution in [3.8, 4) is 11.3 Å². The second-order valence-electron chi connectivity index (χ2n) is 2.48. The minimum absolute atomic E-state index is 0. The van der Waals surface area contributed by atoms with Crippen molar-refractivity contribution in [1.29, 1.82) is 0 Å². The molecule has 14 heavy (non-hydrogen) atoms. The molecule has 0 saturated heterocycles. The molecule has 0 bridgehead atoms. The topological polar surface area (TPSA) is 26.0 Å². The van der Waals surface area contributed by atoms with Crippen LogP contribution < -0.4 is 0 Å². The van der Waals surface area contributed by atoms with Gasteiger partial charge in [-0.05, 0) is 12.1 Å². The van der Waals surface area contributed by atoms with Gasteiger partial charge < -0.3 is 4.52 Å². The summed E-state index contributed by atoms with van der Waals surface area (Å²) in [5.74, 6) is 0. The van der Waals surface area contributed by atoms with Gasteiger partial charge in [0.2, 0.25) is 0 Å². The average molecular weight is 251 g/mol. The van der Waals surface area contributed by atoms with Crippen molar-refractivity contribution in [3.63, 3.8) is 0 Å². The smallest absolute Gasteiger partial charge is 0.124 e. The van der Waals surface area contributed by atoms with Gasteiger partial charge in [0, 0.05) is 11.6 Å². The van der Waals surface area contributed by atoms with Crippen molar-refractivity contribution in [1.82, 2.24) is 5.16 Å². The molecule has 74 valence electrons. The van der Waals surface area contributed by atoms with Gasteiger partial charge in [-0.15, -0.1) is 12.4 Å². The van der Waals surface area contributed by atoms with Gasteiger partial charge in [-0.25, -0.2) is 0 Å². The molecule has 0 atom stereocenters. The fraction of sp³-hybridized carbons (Fsp3) is 0. The van der Waals surface area contributed by atoms with E-state index < -0.39 is 0 Å². The van der Waals surface area contributed by atoms with E-state index in [2.05, 4.69) is 5.16 Å². The standard InChI is InChI=1S/C9H5Cl2NO.ClH/c10-6-2-1-3-7(11)9(6)8-4-5-13-12-8;/h1-5H;1H. The maximum absolute atomic E-state index is 5.95. The molecular weight excluding hydrogens is 244 g/mol. The van der Waals surface area contributed by atoms with E-state index in [0.717, 1.165) is 0 Å². The Hall–Kier alpha value is -0.700. The Morgan fingerprint density at radius 2 is 1.71 bits per heavy atom. The lowest BCUT2D eigenvalue weighted by Crippen LogP contribution is -1.80. The van der Waals surface area contributed by atoms with Crippen LogP contribution in [-0.2, 0) is 0 Å². The third-order valence-corrected chi connectivity index (χ3v) is 2.29. The summed E-state index contributed by atoms with van der Waals surface area (Å²) in [7, 11) is 0. The van der Waals surface area contributed by atoms with Gasteiger partial charge in [0.05, 0.1) is 10.0 Å². The van der Waals surface area contributed by atoms with Crippen LogP contribution in [0.5, 0.6) is 0 Å². The van der Waals surface area contributed by atoms with E-state index in [-0.39, 0.29) is 12.4 Å². The van der Waals surface area contributed by atoms with Gasteiger partial charge in [-0.2, -0.15) is 0 Å². The first-order chi connectivity index (χ1) is 6.29. The van der Waals surface area contributed by atoms with Crippen molar-refractivity contribution in [2.45, 2.75) is 0 Å². The molecule has 1 aromatic heterocycles. The maximum Gasteiger partial charge on any atom is 0.124 e. The summed E-state index contributed by atoms with van der Waals surface area (Å²) in [5, 5.41) is 4.91. The van der Waals surface area contributed by atoms with Crippen molar-refractivity contribution < 1.29 is 4.52 Å². The summed E-state index contributed by atoms with van der Waals surface area (Å²) in [6, 6.07) is 7.02. The van der Waals surface area contributed by atoms with Crippen LogP contribution in [0.25, 0.3) is 11.3 Å². The van der Waals surface area contributed by atoms with Crippen LogP contribution in [0.3, 0.4) is 0 Å². The number of aromatic nitrogens is 1. The number of halogens is 3. The Kier molecular flexibility index (Phi) is 3.81. The first-order valence-corrected chi connectivity index (χ1v) is 4.39. The molecule has 2 rings (SSSR count). The van der Waals surface area contributed by atoms with Crippen molar-refractivity contribution in [2.75, 3.05) is 0 Å². The van der Waals surface area contributed by atoms with Crippen molar-refractivity contribution in [3.05, 3.63) is 40.6 Å². The van der Waals surface area contributed by atoms with Gasteiger partial charge in [-0.1, -0.05) is 34.4 Å². The third kappa shape index (κ3) is 2.03. The second kappa shape index (κ2) is 4.69. The van der Waals surface area contributed by atoms with E-state index in [1.807, 2.05) is 0 Å². The summed E-state index contributed by atoms with van der Waals surface area (Å²) in [5.41, 5.74) is 1.36. The SMILES string of the molecule is Cl.Clc1cccc(Cl)c1-c1ccon1. The molecule has 0 aliphatic heterocycles. The molecule has 0 radical (unpaired) electrons. The molecule has 5 heteroatoms. The Balaban J connectivity index is 0.000000980. The quantitative estimate of drug-likeness (QED) is 0.762. The fourth-order valence-electron chi connectivity index (χ4n) is 1.08. The predicted molar refractivity (Wildman–Crippen MR) is 59.2 cm³/mol. The zero-order valence-corrected chi connectivity index (χ0v) is 9.23. The van der Waals surface area contributed by atoms with Gasteiger partial charge in [0.1, 0.15) is 12.0 Å². The van der Waals surface area contributed by atoms with Gasteiger partial charge >= 0.3 is 0 Å². The van der Waals surface area contributed by atoms with E-state index in [0.29, 0.717) is 21.3 Å². The number of rotatable bonds is 1. The minimum atomic E-state index is 0. The number of hydrogen-bond acceptors (Lipinski definition) is 2. The monoisotopic (exact) mass is 249 g/mol. The maximum atomic E-state index is 5.95. The highest BCUT2D eigenvalue weighted by Gasteiger charge is 2.09. The summed E-state index contributed by atoms with van der Waals surface area (Å²) in [6.07, 6.45) is 1.48. The highest BCUT2D eigenvalue weighted by atomic mass is 35.5. The first kappa shape index (κ1) is 11.4. The summed E-state index contributed by atoms with van der Waals surface area (Å²) < 4.78 is 4.71. The fourth-order valence-corrected chi connectivity index (χ4v) is 1.68. The zero-order chi connectivity index (χ0) is 9.26. The van der Waals surface area contributed by atoms with Crippen LogP contribution in [-0.4, -0.2) is 5.16 Å². The van der Waals surface area contributed by atoms with E-state index in [4.69, 9.17) is 27.7 Å². The van der Waals surface area contributed by atoms with E-state index in [1.54, 1.807) is 24.3 Å². The minimum Gasteiger partial charge on any atom is -0.364 e. The Bertz CT molecular complexity index is 394. The molecule has 1 heterocycles. The number of benzene rings is 1. The molecule has 2 nitrogen and oxygen atoms in total. The summed E-state index contributed by atoms with van der Waals surface area (Å²) >= 11 is 11.9. The molecule has 2 aromatic rings. The normalized spacial score (nSPS) is 9.57. The zero-order valence-electron chi connectivity index (χ0n) is 6.91. The Morgan fingerprint density at radius 3 is 2.21 bits per heavy atom. The molecule has 0 aliphatic rings. The summed E-state index contributed by atoms with van der Waals surface area (Å²) in [6.45, 7) is 0. The van der Waals surface area contributed by atoms with Gasteiger partial charge in [-0.3, -0.25) is 0 Å². The second-order valence-corrected chi connectivity index (χ2v) is 3.30. The molecule has 0 fully saturated rings. The molecule has 0 amide bonds. The summed E-state index contributed by atoms with van der Waals surface area (Å²) in [4.78, 5) is 0. The van der Waals surface area contributed by atoms with Gasteiger partial charge in [0.15, 0.2) is 0 Å². The molecule has 0 unspecified atom stereocenters. The highest BCUT2D eigenvalue weighted by Crippen LogP contribution is 2.33. The number of nitrogens with zero attached hydrogens (tertiary/aromatic N) is 1. The average Bonchev–Trinajstić information content (AvgIpc) is 2.57. The van der Waals surface area contributed by atoms with Crippen LogP contribution in [0, 0.1) is 0 Å². The van der Waals surface area contributed by atoms with Crippen LogP contribution in [0.1, 0.15) is 0 Å². The first-order valence-electron chi connectivity index (χ1n) is 3.64. The third-order valence-electron chi connectivity index (χ3n) is 1.66. The molecule has 0 N–H and O–H groups in total. The number of hydrogen-bond donors (Lipinski definition) is 0. The lowest BCUT2D eigenvalue weighted by molar-refractivity contribution is 0.422. The lowest BCUT2D eigenvalue weighted by Gasteiger charge is -2.01. The Morgan fingerprint density at radius 1 is 1.07 bits per heavy atom. The van der Waals surface area contributed by atoms with E-state index >= 15 is 0 Å². The largest absolute Gasteiger partial charge is 0.364 e. The van der Waals surface area contributed by atoms with Crippen LogP contribution in [0.4, 0.5) is 0 Å². The highest BCUT2D eigenvalue weighted by molar-refractivity contribution is 6.39. The predicted octanol–water partition coefficient (Wildman–Crippen LogP) is 4.07. The molecule has 0 saturated carbocycles. The molecule has 0 spiro atoms. The van der Waals surface area contributed by atoms with Crippen molar-refractivity contribution >= 4 is 35.6 Å². The molecular formula is C9H6Cl3NO. The van der Waals surface area contributed by atoms with Crippen molar-refractivity contribution in [2.24, 2.45) is 0 Å². The van der Waals surface area contributed by atoms with Crippen LogP contribution in [0.15, 0.2) is 35.1 Å². The van der Waals surface area contributed by atoms with Crippen LogP contribution in [0.2, 0.25) is 10.0 Å². The van der Waals surface area contributed by atoms with E-state index in [1.165, 1.54) is 6.26 Å². The van der Waals surface area contributed by atoms with E-state index in [9.17, 15) is 0 Å². The Labute approximate surface area is 97.2 Å². The lowest BCUT2D eigenvalue weighted by atomic mass is 10.1. The molecule has 0 aliphatic carbocycles. The van der Waals surface area contributed by atoms with Gasteiger partial charge in [0.25, 0.3) is 0 Å². The van der Waals surface area contributed by atoms with Crippen LogP contribution >= 0.6 is 35.6 Å².